The molecule has 0 aliphatic rings. The molecule has 0 radical (unpaired) electrons. The molecule has 4 rings (SSSR count). The molecule has 6 heteroatoms. The van der Waals surface area contributed by atoms with Crippen LogP contribution >= 0.6 is 0 Å². The zero-order chi connectivity index (χ0) is 20.1. The number of nitrogens with zero attached hydrogens (tertiary/aromatic N) is 3. The van der Waals surface area contributed by atoms with Crippen LogP contribution in [0.2, 0.25) is 0 Å². The van der Waals surface area contributed by atoms with E-state index >= 15 is 0 Å². The van der Waals surface area contributed by atoms with Crippen LogP contribution in [0, 0.1) is 0 Å². The highest BCUT2D eigenvalue weighted by molar-refractivity contribution is 5.94. The third-order valence-corrected chi connectivity index (χ3v) is 4.48. The van der Waals surface area contributed by atoms with Crippen molar-refractivity contribution in [1.82, 2.24) is 20.1 Å². The van der Waals surface area contributed by atoms with E-state index in [1.165, 1.54) is 0 Å². The SMILES string of the molecule is Cn1nc(-c2ccncc2)cc1CNC(=O)c1ccc(Oc2ccccc2)cc1. The number of ether oxygens (including phenoxy) is 1. The average molecular weight is 384 g/mol. The van der Waals surface area contributed by atoms with Crippen LogP contribution in [0.3, 0.4) is 0 Å². The maximum absolute atomic E-state index is 12.5. The molecule has 0 aliphatic carbocycles. The quantitative estimate of drug-likeness (QED) is 0.541. The maximum Gasteiger partial charge on any atom is 0.251 e. The van der Waals surface area contributed by atoms with E-state index in [0.717, 1.165) is 22.7 Å². The fourth-order valence-electron chi connectivity index (χ4n) is 2.91. The molecule has 0 saturated heterocycles. The van der Waals surface area contributed by atoms with E-state index in [1.54, 1.807) is 41.3 Å². The van der Waals surface area contributed by atoms with Gasteiger partial charge in [-0.05, 0) is 54.6 Å². The first-order valence-corrected chi connectivity index (χ1v) is 9.23. The summed E-state index contributed by atoms with van der Waals surface area (Å²) in [5.41, 5.74) is 3.32. The Kier molecular flexibility index (Phi) is 5.33. The first kappa shape index (κ1) is 18.4. The summed E-state index contributed by atoms with van der Waals surface area (Å²) in [4.78, 5) is 16.5. The fraction of sp³-hybridized carbons (Fsp3) is 0.0870. The van der Waals surface area contributed by atoms with Crippen molar-refractivity contribution in [3.05, 3.63) is 96.4 Å². The lowest BCUT2D eigenvalue weighted by Gasteiger charge is -2.08. The van der Waals surface area contributed by atoms with Gasteiger partial charge >= 0.3 is 0 Å². The van der Waals surface area contributed by atoms with Gasteiger partial charge in [0.15, 0.2) is 0 Å². The number of carbonyl (C=O) groups excluding carboxylic acids is 1. The maximum atomic E-state index is 12.5. The fourth-order valence-corrected chi connectivity index (χ4v) is 2.91. The number of para-hydroxylation sites is 1. The second kappa shape index (κ2) is 8.39. The molecule has 1 N–H and O–H groups in total. The molecule has 0 saturated carbocycles. The van der Waals surface area contributed by atoms with Gasteiger partial charge in [-0.3, -0.25) is 14.5 Å². The van der Waals surface area contributed by atoms with Crippen molar-refractivity contribution >= 4 is 5.91 Å². The molecule has 144 valence electrons. The van der Waals surface area contributed by atoms with Crippen molar-refractivity contribution in [1.29, 1.82) is 0 Å². The van der Waals surface area contributed by atoms with Gasteiger partial charge in [0.05, 0.1) is 17.9 Å². The summed E-state index contributed by atoms with van der Waals surface area (Å²) in [5.74, 6) is 1.29. The monoisotopic (exact) mass is 384 g/mol. The normalized spacial score (nSPS) is 10.5. The van der Waals surface area contributed by atoms with E-state index in [2.05, 4.69) is 15.4 Å². The Bertz CT molecular complexity index is 1090. The number of nitrogens with one attached hydrogen (secondary N) is 1. The van der Waals surface area contributed by atoms with E-state index in [9.17, 15) is 4.79 Å². The van der Waals surface area contributed by atoms with Gasteiger partial charge in [-0.2, -0.15) is 5.10 Å². The Balaban J connectivity index is 1.38. The second-order valence-electron chi connectivity index (χ2n) is 6.50. The topological polar surface area (TPSA) is 69.0 Å². The number of hydrogen-bond acceptors (Lipinski definition) is 4. The molecular weight excluding hydrogens is 364 g/mol. The highest BCUT2D eigenvalue weighted by atomic mass is 16.5. The van der Waals surface area contributed by atoms with Crippen molar-refractivity contribution in [2.24, 2.45) is 7.05 Å². The van der Waals surface area contributed by atoms with E-state index < -0.39 is 0 Å². The molecule has 1 amide bonds. The number of carbonyl (C=O) groups is 1. The van der Waals surface area contributed by atoms with E-state index in [0.29, 0.717) is 17.9 Å². The van der Waals surface area contributed by atoms with Gasteiger partial charge in [0.1, 0.15) is 11.5 Å². The Hall–Kier alpha value is -3.93. The Morgan fingerprint density at radius 3 is 2.38 bits per heavy atom. The Labute approximate surface area is 168 Å². The third kappa shape index (κ3) is 4.50. The van der Waals surface area contributed by atoms with Crippen molar-refractivity contribution in [2.75, 3.05) is 0 Å². The summed E-state index contributed by atoms with van der Waals surface area (Å²) in [6, 6.07) is 22.4. The number of pyridine rings is 1. The molecule has 0 aliphatic heterocycles. The van der Waals surface area contributed by atoms with Crippen LogP contribution in [0.1, 0.15) is 16.1 Å². The molecule has 2 heterocycles. The van der Waals surface area contributed by atoms with Crippen LogP contribution in [0.15, 0.2) is 85.2 Å². The summed E-state index contributed by atoms with van der Waals surface area (Å²) >= 11 is 0. The van der Waals surface area contributed by atoms with Crippen molar-refractivity contribution in [3.63, 3.8) is 0 Å². The zero-order valence-corrected chi connectivity index (χ0v) is 15.9. The molecular formula is C23H20N4O2. The van der Waals surface area contributed by atoms with Crippen LogP contribution in [0.25, 0.3) is 11.3 Å². The molecule has 4 aromatic rings. The molecule has 0 unspecified atom stereocenters. The molecule has 2 aromatic heterocycles. The summed E-state index contributed by atoms with van der Waals surface area (Å²) < 4.78 is 7.53. The predicted molar refractivity (Wildman–Crippen MR) is 111 cm³/mol. The smallest absolute Gasteiger partial charge is 0.251 e. The number of aromatic nitrogens is 3. The third-order valence-electron chi connectivity index (χ3n) is 4.48. The first-order chi connectivity index (χ1) is 14.2. The van der Waals surface area contributed by atoms with Crippen LogP contribution < -0.4 is 10.1 Å². The van der Waals surface area contributed by atoms with Crippen molar-refractivity contribution in [3.8, 4) is 22.8 Å². The van der Waals surface area contributed by atoms with Gasteiger partial charge in [-0.25, -0.2) is 0 Å². The lowest BCUT2D eigenvalue weighted by atomic mass is 10.2. The largest absolute Gasteiger partial charge is 0.457 e. The molecule has 0 atom stereocenters. The molecule has 0 spiro atoms. The lowest BCUT2D eigenvalue weighted by molar-refractivity contribution is 0.0950. The first-order valence-electron chi connectivity index (χ1n) is 9.23. The van der Waals surface area contributed by atoms with Gasteiger partial charge < -0.3 is 10.1 Å². The van der Waals surface area contributed by atoms with Gasteiger partial charge in [-0.15, -0.1) is 0 Å². The Morgan fingerprint density at radius 1 is 0.966 bits per heavy atom. The van der Waals surface area contributed by atoms with Crippen LogP contribution in [0.4, 0.5) is 0 Å². The summed E-state index contributed by atoms with van der Waals surface area (Å²) in [6.07, 6.45) is 3.47. The number of hydrogen-bond donors (Lipinski definition) is 1. The van der Waals surface area contributed by atoms with Crippen molar-refractivity contribution in [2.45, 2.75) is 6.54 Å². The molecule has 6 nitrogen and oxygen atoms in total. The van der Waals surface area contributed by atoms with Crippen LogP contribution in [-0.2, 0) is 13.6 Å². The van der Waals surface area contributed by atoms with E-state index in [4.69, 9.17) is 4.74 Å². The van der Waals surface area contributed by atoms with Crippen LogP contribution in [-0.4, -0.2) is 20.7 Å². The zero-order valence-electron chi connectivity index (χ0n) is 15.9. The minimum Gasteiger partial charge on any atom is -0.457 e. The molecule has 29 heavy (non-hydrogen) atoms. The van der Waals surface area contributed by atoms with E-state index in [-0.39, 0.29) is 5.91 Å². The number of benzene rings is 2. The van der Waals surface area contributed by atoms with Gasteiger partial charge in [0, 0.05) is 30.6 Å². The minimum atomic E-state index is -0.150. The Morgan fingerprint density at radius 2 is 1.66 bits per heavy atom. The number of rotatable bonds is 6. The predicted octanol–water partition coefficient (Wildman–Crippen LogP) is 4.20. The molecule has 2 aromatic carbocycles. The van der Waals surface area contributed by atoms with E-state index in [1.807, 2.05) is 55.6 Å². The van der Waals surface area contributed by atoms with Crippen LogP contribution in [0.5, 0.6) is 11.5 Å². The second-order valence-corrected chi connectivity index (χ2v) is 6.50. The van der Waals surface area contributed by atoms with Gasteiger partial charge in [-0.1, -0.05) is 18.2 Å². The van der Waals surface area contributed by atoms with Crippen molar-refractivity contribution < 1.29 is 9.53 Å². The van der Waals surface area contributed by atoms with Gasteiger partial charge in [0.25, 0.3) is 5.91 Å². The average Bonchev–Trinajstić information content (AvgIpc) is 3.14. The molecule has 0 fully saturated rings. The standard InChI is InChI=1S/C23H20N4O2/c1-27-19(15-22(26-27)17-11-13-24-14-12-17)16-25-23(28)18-7-9-21(10-8-18)29-20-5-3-2-4-6-20/h2-15H,16H2,1H3,(H,25,28). The summed E-state index contributed by atoms with van der Waals surface area (Å²) in [6.45, 7) is 0.385. The summed E-state index contributed by atoms with van der Waals surface area (Å²) in [5, 5.41) is 7.44. The number of aryl methyl sites for hydroxylation is 1. The highest BCUT2D eigenvalue weighted by Crippen LogP contribution is 2.21. The highest BCUT2D eigenvalue weighted by Gasteiger charge is 2.10. The molecule has 0 bridgehead atoms. The minimum absolute atomic E-state index is 0.150. The summed E-state index contributed by atoms with van der Waals surface area (Å²) in [7, 11) is 1.86. The lowest BCUT2D eigenvalue weighted by Crippen LogP contribution is -2.23. The van der Waals surface area contributed by atoms with Gasteiger partial charge in [0.2, 0.25) is 0 Å². The number of amides is 1.